The molecule has 92 valence electrons. The average Bonchev–Trinajstić information content (AvgIpc) is 2.68. The van der Waals surface area contributed by atoms with E-state index < -0.39 is 27.4 Å². The molecule has 2 N–H and O–H groups in total. The van der Waals surface area contributed by atoms with Crippen molar-refractivity contribution in [1.82, 2.24) is 9.71 Å². The van der Waals surface area contributed by atoms with Crippen LogP contribution in [0.15, 0.2) is 11.6 Å². The molecule has 0 spiro atoms. The van der Waals surface area contributed by atoms with Gasteiger partial charge in [-0.2, -0.15) is 0 Å². The largest absolute Gasteiger partial charge is 0.395 e. The van der Waals surface area contributed by atoms with Crippen LogP contribution in [0.2, 0.25) is 0 Å². The van der Waals surface area contributed by atoms with Crippen molar-refractivity contribution >= 4 is 21.4 Å². The molecule has 0 aliphatic heterocycles. The number of nitrogens with one attached hydrogen (secondary N) is 1. The van der Waals surface area contributed by atoms with Gasteiger partial charge in [-0.3, -0.25) is 0 Å². The van der Waals surface area contributed by atoms with Gasteiger partial charge < -0.3 is 5.11 Å². The van der Waals surface area contributed by atoms with E-state index in [0.29, 0.717) is 5.01 Å². The summed E-state index contributed by atoms with van der Waals surface area (Å²) in [5, 5.41) is 10.5. The Morgan fingerprint density at radius 3 is 2.69 bits per heavy atom. The molecule has 0 aliphatic carbocycles. The molecule has 7 heteroatoms. The van der Waals surface area contributed by atoms with E-state index in [-0.39, 0.29) is 0 Å². The van der Waals surface area contributed by atoms with Crippen LogP contribution < -0.4 is 4.72 Å². The van der Waals surface area contributed by atoms with Crippen LogP contribution in [-0.2, 0) is 15.6 Å². The number of hydrogen-bond acceptors (Lipinski definition) is 5. The van der Waals surface area contributed by atoms with Gasteiger partial charge in [-0.05, 0) is 20.8 Å². The fraction of sp³-hybridized carbons (Fsp3) is 0.667. The van der Waals surface area contributed by atoms with E-state index in [9.17, 15) is 8.42 Å². The normalized spacial score (nSPS) is 15.0. The summed E-state index contributed by atoms with van der Waals surface area (Å²) in [6, 6.07) is 0. The molecule has 0 fully saturated rings. The van der Waals surface area contributed by atoms with E-state index in [1.807, 2.05) is 0 Å². The van der Waals surface area contributed by atoms with Gasteiger partial charge >= 0.3 is 0 Å². The molecule has 0 saturated heterocycles. The summed E-state index contributed by atoms with van der Waals surface area (Å²) >= 11 is 1.39. The molecule has 1 aromatic heterocycles. The highest BCUT2D eigenvalue weighted by atomic mass is 32.2. The molecule has 1 heterocycles. The SMILES string of the molecule is CC(CO)S(=O)(=O)NC(C)(C)c1nccs1. The fourth-order valence-electron chi connectivity index (χ4n) is 1.13. The van der Waals surface area contributed by atoms with E-state index in [1.54, 1.807) is 25.4 Å². The Bertz CT molecular complexity index is 426. The molecule has 5 nitrogen and oxygen atoms in total. The first-order valence-corrected chi connectivity index (χ1v) is 7.26. The predicted molar refractivity (Wildman–Crippen MR) is 63.7 cm³/mol. The van der Waals surface area contributed by atoms with E-state index in [0.717, 1.165) is 0 Å². The van der Waals surface area contributed by atoms with Crippen molar-refractivity contribution in [3.05, 3.63) is 16.6 Å². The van der Waals surface area contributed by atoms with Crippen molar-refractivity contribution in [2.45, 2.75) is 31.6 Å². The van der Waals surface area contributed by atoms with Crippen molar-refractivity contribution in [3.63, 3.8) is 0 Å². The zero-order valence-electron chi connectivity index (χ0n) is 9.47. The van der Waals surface area contributed by atoms with Gasteiger partial charge in [0.25, 0.3) is 0 Å². The maximum Gasteiger partial charge on any atom is 0.217 e. The second kappa shape index (κ2) is 4.79. The van der Waals surface area contributed by atoms with Crippen LogP contribution in [0.1, 0.15) is 25.8 Å². The van der Waals surface area contributed by atoms with E-state index >= 15 is 0 Å². The number of rotatable bonds is 5. The molecule has 0 aromatic carbocycles. The Morgan fingerprint density at radius 1 is 1.62 bits per heavy atom. The maximum atomic E-state index is 11.8. The van der Waals surface area contributed by atoms with Crippen LogP contribution in [-0.4, -0.2) is 30.4 Å². The van der Waals surface area contributed by atoms with Gasteiger partial charge in [0.2, 0.25) is 10.0 Å². The molecule has 0 saturated carbocycles. The Balaban J connectivity index is 2.89. The summed E-state index contributed by atoms with van der Waals surface area (Å²) in [6.45, 7) is 4.55. The highest BCUT2D eigenvalue weighted by Gasteiger charge is 2.31. The summed E-state index contributed by atoms with van der Waals surface area (Å²) < 4.78 is 26.1. The quantitative estimate of drug-likeness (QED) is 0.819. The summed E-state index contributed by atoms with van der Waals surface area (Å²) in [5.41, 5.74) is -0.754. The minimum absolute atomic E-state index is 0.400. The first kappa shape index (κ1) is 13.6. The number of aliphatic hydroxyl groups excluding tert-OH is 1. The Hall–Kier alpha value is -0.500. The third-order valence-electron chi connectivity index (χ3n) is 2.15. The second-order valence-corrected chi connectivity index (χ2v) is 7.10. The molecule has 1 aromatic rings. The number of hydrogen-bond donors (Lipinski definition) is 2. The van der Waals surface area contributed by atoms with Crippen LogP contribution in [0.5, 0.6) is 0 Å². The highest BCUT2D eigenvalue weighted by Crippen LogP contribution is 2.23. The lowest BCUT2D eigenvalue weighted by molar-refractivity contribution is 0.293. The third kappa shape index (κ3) is 3.00. The smallest absolute Gasteiger partial charge is 0.217 e. The average molecular weight is 264 g/mol. The van der Waals surface area contributed by atoms with Crippen molar-refractivity contribution in [2.75, 3.05) is 6.61 Å². The Morgan fingerprint density at radius 2 is 2.25 bits per heavy atom. The predicted octanol–water partition coefficient (Wildman–Crippen LogP) is 0.678. The molecule has 0 bridgehead atoms. The maximum absolute atomic E-state index is 11.8. The zero-order valence-corrected chi connectivity index (χ0v) is 11.1. The van der Waals surface area contributed by atoms with Crippen molar-refractivity contribution in [2.24, 2.45) is 0 Å². The molecule has 1 atom stereocenters. The Kier molecular flexibility index (Phi) is 4.06. The van der Waals surface area contributed by atoms with E-state index in [2.05, 4.69) is 9.71 Å². The van der Waals surface area contributed by atoms with Crippen LogP contribution in [0.3, 0.4) is 0 Å². The van der Waals surface area contributed by atoms with E-state index in [1.165, 1.54) is 18.3 Å². The lowest BCUT2D eigenvalue weighted by Crippen LogP contribution is -2.45. The molecule has 0 aliphatic rings. The monoisotopic (exact) mass is 264 g/mol. The van der Waals surface area contributed by atoms with Crippen LogP contribution in [0.4, 0.5) is 0 Å². The first-order valence-electron chi connectivity index (χ1n) is 4.83. The van der Waals surface area contributed by atoms with Crippen molar-refractivity contribution in [1.29, 1.82) is 0 Å². The van der Waals surface area contributed by atoms with Crippen LogP contribution in [0.25, 0.3) is 0 Å². The molecular weight excluding hydrogens is 248 g/mol. The standard InChI is InChI=1S/C9H16N2O3S2/c1-7(6-12)16(13,14)11-9(2,3)8-10-4-5-15-8/h4-5,7,11-12H,6H2,1-3H3. The van der Waals surface area contributed by atoms with Gasteiger partial charge in [-0.1, -0.05) is 0 Å². The number of thiazole rings is 1. The molecule has 1 unspecified atom stereocenters. The van der Waals surface area contributed by atoms with Crippen LogP contribution in [0, 0.1) is 0 Å². The lowest BCUT2D eigenvalue weighted by Gasteiger charge is -2.25. The van der Waals surface area contributed by atoms with Gasteiger partial charge in [-0.25, -0.2) is 18.1 Å². The zero-order chi connectivity index (χ0) is 12.4. The topological polar surface area (TPSA) is 79.3 Å². The minimum atomic E-state index is -3.53. The number of nitrogens with zero attached hydrogens (tertiary/aromatic N) is 1. The molecule has 16 heavy (non-hydrogen) atoms. The van der Waals surface area contributed by atoms with Crippen LogP contribution >= 0.6 is 11.3 Å². The molecular formula is C9H16N2O3S2. The molecule has 1 rings (SSSR count). The second-order valence-electron chi connectivity index (χ2n) is 4.10. The highest BCUT2D eigenvalue weighted by molar-refractivity contribution is 7.90. The van der Waals surface area contributed by atoms with Gasteiger partial charge in [0, 0.05) is 11.6 Å². The fourth-order valence-corrected chi connectivity index (χ4v) is 3.12. The summed E-state index contributed by atoms with van der Waals surface area (Å²) in [7, 11) is -3.53. The van der Waals surface area contributed by atoms with Crippen molar-refractivity contribution in [3.8, 4) is 0 Å². The molecule has 0 radical (unpaired) electrons. The number of aliphatic hydroxyl groups is 1. The summed E-state index contributed by atoms with van der Waals surface area (Å²) in [4.78, 5) is 4.09. The number of aromatic nitrogens is 1. The first-order chi connectivity index (χ1) is 7.29. The van der Waals surface area contributed by atoms with Gasteiger partial charge in [0.1, 0.15) is 5.01 Å². The summed E-state index contributed by atoms with van der Waals surface area (Å²) in [6.07, 6.45) is 1.63. The van der Waals surface area contributed by atoms with Crippen molar-refractivity contribution < 1.29 is 13.5 Å². The van der Waals surface area contributed by atoms with E-state index in [4.69, 9.17) is 5.11 Å². The summed E-state index contributed by atoms with van der Waals surface area (Å²) in [5.74, 6) is 0. The lowest BCUT2D eigenvalue weighted by atomic mass is 10.1. The Labute approximate surface area is 99.6 Å². The minimum Gasteiger partial charge on any atom is -0.395 e. The van der Waals surface area contributed by atoms with Gasteiger partial charge in [-0.15, -0.1) is 11.3 Å². The van der Waals surface area contributed by atoms with Gasteiger partial charge in [0.15, 0.2) is 0 Å². The molecule has 0 amide bonds. The van der Waals surface area contributed by atoms with Gasteiger partial charge in [0.05, 0.1) is 17.4 Å². The number of sulfonamides is 1. The third-order valence-corrected chi connectivity index (χ3v) is 5.25.